The number of piperazine rings is 1. The van der Waals surface area contributed by atoms with Gasteiger partial charge in [0.25, 0.3) is 5.91 Å². The number of amides is 2. The molecular weight excluding hydrogens is 285 g/mol. The lowest BCUT2D eigenvalue weighted by Gasteiger charge is -2.34. The van der Waals surface area contributed by atoms with Gasteiger partial charge in [-0.1, -0.05) is 6.92 Å². The molecule has 0 aliphatic carbocycles. The first kappa shape index (κ1) is 16.4. The predicted molar refractivity (Wildman–Crippen MR) is 82.0 cm³/mol. The molecule has 120 valence electrons. The van der Waals surface area contributed by atoms with Crippen LogP contribution in [0, 0.1) is 5.82 Å². The maximum Gasteiger partial charge on any atom is 0.251 e. The fraction of sp³-hybridized carbons (Fsp3) is 0.500. The summed E-state index contributed by atoms with van der Waals surface area (Å²) in [5.74, 6) is -0.347. The van der Waals surface area contributed by atoms with Crippen molar-refractivity contribution in [2.24, 2.45) is 0 Å². The second-order valence-corrected chi connectivity index (χ2v) is 5.34. The highest BCUT2D eigenvalue weighted by molar-refractivity contribution is 5.94. The van der Waals surface area contributed by atoms with Gasteiger partial charge in [0.2, 0.25) is 5.91 Å². The van der Waals surface area contributed by atoms with E-state index >= 15 is 0 Å². The van der Waals surface area contributed by atoms with Crippen molar-refractivity contribution >= 4 is 11.8 Å². The minimum absolute atomic E-state index is 0.195. The molecule has 2 amide bonds. The molecule has 5 nitrogen and oxygen atoms in total. The van der Waals surface area contributed by atoms with Crippen molar-refractivity contribution in [1.82, 2.24) is 15.1 Å². The average molecular weight is 307 g/mol. The van der Waals surface area contributed by atoms with Gasteiger partial charge < -0.3 is 10.2 Å². The van der Waals surface area contributed by atoms with Gasteiger partial charge >= 0.3 is 0 Å². The van der Waals surface area contributed by atoms with Gasteiger partial charge in [-0.3, -0.25) is 14.5 Å². The van der Waals surface area contributed by atoms with E-state index in [9.17, 15) is 14.0 Å². The normalized spacial score (nSPS) is 15.6. The molecule has 1 N–H and O–H groups in total. The van der Waals surface area contributed by atoms with Crippen molar-refractivity contribution in [3.63, 3.8) is 0 Å². The summed E-state index contributed by atoms with van der Waals surface area (Å²) >= 11 is 0. The van der Waals surface area contributed by atoms with Crippen LogP contribution in [0.15, 0.2) is 24.3 Å². The van der Waals surface area contributed by atoms with E-state index < -0.39 is 0 Å². The molecule has 0 saturated carbocycles. The molecular formula is C16H22FN3O2. The van der Waals surface area contributed by atoms with Crippen LogP contribution in [0.3, 0.4) is 0 Å². The summed E-state index contributed by atoms with van der Waals surface area (Å²) in [6, 6.07) is 5.50. The number of halogens is 1. The highest BCUT2D eigenvalue weighted by Crippen LogP contribution is 2.04. The van der Waals surface area contributed by atoms with Crippen LogP contribution in [0.25, 0.3) is 0 Å². The van der Waals surface area contributed by atoms with Crippen molar-refractivity contribution in [2.45, 2.75) is 13.3 Å². The zero-order chi connectivity index (χ0) is 15.9. The molecule has 0 aromatic heterocycles. The molecule has 0 unspecified atom stereocenters. The maximum absolute atomic E-state index is 12.8. The van der Waals surface area contributed by atoms with Crippen molar-refractivity contribution < 1.29 is 14.0 Å². The van der Waals surface area contributed by atoms with Crippen LogP contribution in [0.4, 0.5) is 4.39 Å². The highest BCUT2D eigenvalue weighted by Gasteiger charge is 2.19. The Hall–Kier alpha value is -1.95. The number of hydrogen-bond acceptors (Lipinski definition) is 3. The number of carbonyl (C=O) groups excluding carboxylic acids is 2. The third kappa shape index (κ3) is 4.53. The lowest BCUT2D eigenvalue weighted by atomic mass is 10.2. The van der Waals surface area contributed by atoms with Gasteiger partial charge in [0, 0.05) is 51.3 Å². The Morgan fingerprint density at radius 1 is 1.14 bits per heavy atom. The Balaban J connectivity index is 1.68. The summed E-state index contributed by atoms with van der Waals surface area (Å²) in [6.07, 6.45) is 0.549. The van der Waals surface area contributed by atoms with E-state index in [1.807, 2.05) is 11.8 Å². The maximum atomic E-state index is 12.8. The summed E-state index contributed by atoms with van der Waals surface area (Å²) < 4.78 is 12.8. The summed E-state index contributed by atoms with van der Waals surface area (Å²) in [4.78, 5) is 27.6. The Bertz CT molecular complexity index is 511. The first-order chi connectivity index (χ1) is 10.6. The Morgan fingerprint density at radius 2 is 1.77 bits per heavy atom. The van der Waals surface area contributed by atoms with Gasteiger partial charge in [0.1, 0.15) is 5.82 Å². The van der Waals surface area contributed by atoms with E-state index in [4.69, 9.17) is 0 Å². The number of carbonyl (C=O) groups is 2. The van der Waals surface area contributed by atoms with Crippen LogP contribution in [-0.4, -0.2) is 60.9 Å². The fourth-order valence-electron chi connectivity index (χ4n) is 2.48. The van der Waals surface area contributed by atoms with Crippen LogP contribution < -0.4 is 5.32 Å². The summed E-state index contributed by atoms with van der Waals surface area (Å²) in [5.41, 5.74) is 0.458. The third-order valence-electron chi connectivity index (χ3n) is 3.85. The van der Waals surface area contributed by atoms with Crippen LogP contribution in [0.1, 0.15) is 23.7 Å². The molecule has 1 saturated heterocycles. The van der Waals surface area contributed by atoms with E-state index in [1.165, 1.54) is 24.3 Å². The van der Waals surface area contributed by atoms with E-state index in [0.29, 0.717) is 18.5 Å². The van der Waals surface area contributed by atoms with E-state index in [1.54, 1.807) is 0 Å². The van der Waals surface area contributed by atoms with Crippen LogP contribution in [0.2, 0.25) is 0 Å². The Kier molecular flexibility index (Phi) is 5.89. The summed E-state index contributed by atoms with van der Waals surface area (Å²) in [6.45, 7) is 6.33. The minimum atomic E-state index is -0.351. The van der Waals surface area contributed by atoms with E-state index in [2.05, 4.69) is 10.2 Å². The Labute approximate surface area is 130 Å². The number of rotatable bonds is 5. The number of nitrogens with zero attached hydrogens (tertiary/aromatic N) is 2. The summed E-state index contributed by atoms with van der Waals surface area (Å²) in [7, 11) is 0. The molecule has 1 heterocycles. The van der Waals surface area contributed by atoms with Gasteiger partial charge in [-0.05, 0) is 24.3 Å². The molecule has 1 aliphatic rings. The zero-order valence-corrected chi connectivity index (χ0v) is 12.8. The van der Waals surface area contributed by atoms with Gasteiger partial charge in [0.15, 0.2) is 0 Å². The predicted octanol–water partition coefficient (Wildman–Crippen LogP) is 1.11. The molecule has 0 atom stereocenters. The number of benzene rings is 1. The first-order valence-corrected chi connectivity index (χ1v) is 7.64. The summed E-state index contributed by atoms with van der Waals surface area (Å²) in [5, 5.41) is 2.83. The molecule has 0 bridgehead atoms. The largest absolute Gasteiger partial charge is 0.351 e. The fourth-order valence-corrected chi connectivity index (χ4v) is 2.48. The molecule has 2 rings (SSSR count). The molecule has 1 fully saturated rings. The molecule has 0 spiro atoms. The lowest BCUT2D eigenvalue weighted by Crippen LogP contribution is -2.50. The highest BCUT2D eigenvalue weighted by atomic mass is 19.1. The average Bonchev–Trinajstić information content (AvgIpc) is 2.55. The van der Waals surface area contributed by atoms with Crippen molar-refractivity contribution in [3.8, 4) is 0 Å². The molecule has 0 radical (unpaired) electrons. The van der Waals surface area contributed by atoms with Crippen molar-refractivity contribution in [3.05, 3.63) is 35.6 Å². The molecule has 6 heteroatoms. The SMILES string of the molecule is CCC(=O)N1CCN(CCNC(=O)c2ccc(F)cc2)CC1. The number of hydrogen-bond donors (Lipinski definition) is 1. The Morgan fingerprint density at radius 3 is 2.36 bits per heavy atom. The van der Waals surface area contributed by atoms with Crippen LogP contribution in [-0.2, 0) is 4.79 Å². The standard InChI is InChI=1S/C16H22FN3O2/c1-2-15(21)20-11-9-19(10-12-20)8-7-18-16(22)13-3-5-14(17)6-4-13/h3-6H,2,7-12H2,1H3,(H,18,22). The molecule has 22 heavy (non-hydrogen) atoms. The van der Waals surface area contributed by atoms with Gasteiger partial charge in [0.05, 0.1) is 0 Å². The van der Waals surface area contributed by atoms with Crippen molar-refractivity contribution in [2.75, 3.05) is 39.3 Å². The minimum Gasteiger partial charge on any atom is -0.351 e. The second kappa shape index (κ2) is 7.89. The van der Waals surface area contributed by atoms with Gasteiger partial charge in [-0.25, -0.2) is 4.39 Å². The van der Waals surface area contributed by atoms with Crippen LogP contribution >= 0.6 is 0 Å². The first-order valence-electron chi connectivity index (χ1n) is 7.64. The zero-order valence-electron chi connectivity index (χ0n) is 12.8. The third-order valence-corrected chi connectivity index (χ3v) is 3.85. The molecule has 1 aromatic carbocycles. The van der Waals surface area contributed by atoms with Gasteiger partial charge in [-0.15, -0.1) is 0 Å². The van der Waals surface area contributed by atoms with E-state index in [0.717, 1.165) is 32.7 Å². The lowest BCUT2D eigenvalue weighted by molar-refractivity contribution is -0.132. The second-order valence-electron chi connectivity index (χ2n) is 5.34. The van der Waals surface area contributed by atoms with Crippen molar-refractivity contribution in [1.29, 1.82) is 0 Å². The molecule has 1 aliphatic heterocycles. The quantitative estimate of drug-likeness (QED) is 0.886. The topological polar surface area (TPSA) is 52.7 Å². The molecule has 1 aromatic rings. The van der Waals surface area contributed by atoms with E-state index in [-0.39, 0.29) is 17.6 Å². The van der Waals surface area contributed by atoms with Gasteiger partial charge in [-0.2, -0.15) is 0 Å². The van der Waals surface area contributed by atoms with Crippen LogP contribution in [0.5, 0.6) is 0 Å². The monoisotopic (exact) mass is 307 g/mol. The smallest absolute Gasteiger partial charge is 0.251 e. The number of nitrogens with one attached hydrogen (secondary N) is 1.